The molecule has 1 amide bonds. The summed E-state index contributed by atoms with van der Waals surface area (Å²) in [6.45, 7) is -1.06. The number of amides is 1. The summed E-state index contributed by atoms with van der Waals surface area (Å²) in [5, 5.41) is 1.50. The summed E-state index contributed by atoms with van der Waals surface area (Å²) in [4.78, 5) is 10.9. The number of benzene rings is 1. The Bertz CT molecular complexity index is 467. The summed E-state index contributed by atoms with van der Waals surface area (Å²) in [7, 11) is 0. The third kappa shape index (κ3) is 2.17. The van der Waals surface area contributed by atoms with Crippen molar-refractivity contribution in [2.24, 2.45) is 0 Å². The van der Waals surface area contributed by atoms with Crippen LogP contribution in [0.5, 0.6) is 0 Å². The first-order valence-electron chi connectivity index (χ1n) is 4.67. The smallest absolute Gasteiger partial charge is 0.408 e. The number of hydrogen-bond acceptors (Lipinski definition) is 2. The molecule has 2 rings (SSSR count). The first-order valence-corrected chi connectivity index (χ1v) is 5.04. The first kappa shape index (κ1) is 12.0. The molecule has 1 N–H and O–H groups in total. The lowest BCUT2D eigenvalue weighted by Crippen LogP contribution is -2.49. The predicted octanol–water partition coefficient (Wildman–Crippen LogP) is 2.90. The van der Waals surface area contributed by atoms with Gasteiger partial charge in [-0.3, -0.25) is 0 Å². The monoisotopic (exact) mass is 265 g/mol. The highest BCUT2D eigenvalue weighted by Gasteiger charge is 2.47. The minimum atomic E-state index is -3.34. The molecule has 1 aliphatic rings. The molecule has 0 radical (unpaired) electrons. The normalized spacial score (nSPS) is 22.8. The number of halogens is 4. The lowest BCUT2D eigenvalue weighted by Gasteiger charge is -2.32. The fourth-order valence-corrected chi connectivity index (χ4v) is 1.79. The van der Waals surface area contributed by atoms with E-state index in [1.807, 2.05) is 5.32 Å². The zero-order chi connectivity index (χ0) is 12.6. The van der Waals surface area contributed by atoms with Crippen LogP contribution in [0.4, 0.5) is 18.0 Å². The van der Waals surface area contributed by atoms with Crippen LogP contribution >= 0.6 is 11.6 Å². The molecule has 92 valence electrons. The van der Waals surface area contributed by atoms with E-state index in [4.69, 9.17) is 11.6 Å². The van der Waals surface area contributed by atoms with Crippen molar-refractivity contribution in [3.05, 3.63) is 34.6 Å². The lowest BCUT2D eigenvalue weighted by molar-refractivity contribution is -0.104. The highest BCUT2D eigenvalue weighted by Crippen LogP contribution is 2.38. The number of alkyl carbamates (subject to hydrolysis) is 1. The molecule has 0 saturated carbocycles. The Morgan fingerprint density at radius 3 is 2.88 bits per heavy atom. The molecule has 1 heterocycles. The SMILES string of the molecule is O=C1N[C@@H](c2cccc(F)c2Cl)C(F)(F)CO1. The third-order valence-corrected chi connectivity index (χ3v) is 2.77. The van der Waals surface area contributed by atoms with Crippen LogP contribution in [0.15, 0.2) is 18.2 Å². The largest absolute Gasteiger partial charge is 0.443 e. The van der Waals surface area contributed by atoms with Gasteiger partial charge in [-0.2, -0.15) is 0 Å². The van der Waals surface area contributed by atoms with Crippen molar-refractivity contribution < 1.29 is 22.7 Å². The number of cyclic esters (lactones) is 1. The van der Waals surface area contributed by atoms with E-state index in [1.165, 1.54) is 12.1 Å². The van der Waals surface area contributed by atoms with Crippen LogP contribution in [0.2, 0.25) is 5.02 Å². The van der Waals surface area contributed by atoms with Gasteiger partial charge in [-0.15, -0.1) is 0 Å². The summed E-state index contributed by atoms with van der Waals surface area (Å²) in [6, 6.07) is 1.83. The van der Waals surface area contributed by atoms with Gasteiger partial charge in [0.05, 0.1) is 5.02 Å². The topological polar surface area (TPSA) is 38.3 Å². The van der Waals surface area contributed by atoms with Crippen LogP contribution in [-0.4, -0.2) is 18.6 Å². The average molecular weight is 266 g/mol. The Morgan fingerprint density at radius 1 is 1.47 bits per heavy atom. The quantitative estimate of drug-likeness (QED) is 0.848. The van der Waals surface area contributed by atoms with Crippen LogP contribution in [0.3, 0.4) is 0 Å². The molecule has 0 aromatic heterocycles. The molecule has 0 unspecified atom stereocenters. The Kier molecular flexibility index (Phi) is 2.91. The highest BCUT2D eigenvalue weighted by atomic mass is 35.5. The van der Waals surface area contributed by atoms with E-state index >= 15 is 0 Å². The van der Waals surface area contributed by atoms with Crippen molar-refractivity contribution in [1.82, 2.24) is 5.32 Å². The van der Waals surface area contributed by atoms with Crippen LogP contribution < -0.4 is 5.32 Å². The van der Waals surface area contributed by atoms with E-state index in [0.717, 1.165) is 6.07 Å². The third-order valence-electron chi connectivity index (χ3n) is 2.37. The van der Waals surface area contributed by atoms with Crippen LogP contribution in [0.1, 0.15) is 11.6 Å². The lowest BCUT2D eigenvalue weighted by atomic mass is 10.00. The number of carbonyl (C=O) groups excluding carboxylic acids is 1. The van der Waals surface area contributed by atoms with Gasteiger partial charge < -0.3 is 10.1 Å². The summed E-state index contributed by atoms with van der Waals surface area (Å²) >= 11 is 5.60. The number of nitrogens with one attached hydrogen (secondary N) is 1. The van der Waals surface area contributed by atoms with E-state index in [0.29, 0.717) is 0 Å². The van der Waals surface area contributed by atoms with Gasteiger partial charge in [-0.05, 0) is 6.07 Å². The predicted molar refractivity (Wildman–Crippen MR) is 53.6 cm³/mol. The molecule has 1 atom stereocenters. The molecule has 17 heavy (non-hydrogen) atoms. The van der Waals surface area contributed by atoms with Crippen molar-refractivity contribution in [3.63, 3.8) is 0 Å². The van der Waals surface area contributed by atoms with E-state index in [-0.39, 0.29) is 5.56 Å². The molecule has 1 fully saturated rings. The zero-order valence-corrected chi connectivity index (χ0v) is 9.10. The van der Waals surface area contributed by atoms with Gasteiger partial charge in [-0.1, -0.05) is 23.7 Å². The van der Waals surface area contributed by atoms with Crippen LogP contribution in [0, 0.1) is 5.82 Å². The van der Waals surface area contributed by atoms with E-state index in [2.05, 4.69) is 4.74 Å². The van der Waals surface area contributed by atoms with Gasteiger partial charge in [0, 0.05) is 5.56 Å². The maximum Gasteiger partial charge on any atom is 0.408 e. The minimum absolute atomic E-state index is 0.173. The van der Waals surface area contributed by atoms with Crippen molar-refractivity contribution in [1.29, 1.82) is 0 Å². The van der Waals surface area contributed by atoms with Gasteiger partial charge in [0.15, 0.2) is 6.61 Å². The minimum Gasteiger partial charge on any atom is -0.443 e. The van der Waals surface area contributed by atoms with Gasteiger partial charge in [0.25, 0.3) is 0 Å². The molecule has 1 saturated heterocycles. The molecule has 0 spiro atoms. The van der Waals surface area contributed by atoms with Crippen molar-refractivity contribution in [3.8, 4) is 0 Å². The molecule has 1 aromatic rings. The summed E-state index contributed by atoms with van der Waals surface area (Å²) in [5.41, 5.74) is -0.173. The van der Waals surface area contributed by atoms with Crippen LogP contribution in [-0.2, 0) is 4.74 Å². The number of hydrogen-bond donors (Lipinski definition) is 1. The maximum atomic E-state index is 13.5. The van der Waals surface area contributed by atoms with Gasteiger partial charge in [-0.25, -0.2) is 18.0 Å². The number of rotatable bonds is 1. The molecule has 7 heteroatoms. The molecule has 0 aliphatic carbocycles. The molecular weight excluding hydrogens is 259 g/mol. The van der Waals surface area contributed by atoms with Crippen molar-refractivity contribution in [2.45, 2.75) is 12.0 Å². The Labute approximate surface area is 99.5 Å². The second-order valence-electron chi connectivity index (χ2n) is 3.56. The standard InChI is InChI=1S/C10H7ClF3NO2/c11-7-5(2-1-3-6(7)12)8-10(13,14)4-17-9(16)15-8/h1-3,8H,4H2,(H,15,16)/t8-/m0/s1. The molecular formula is C10H7ClF3NO2. The molecule has 0 bridgehead atoms. The Morgan fingerprint density at radius 2 is 2.18 bits per heavy atom. The molecule has 3 nitrogen and oxygen atoms in total. The van der Waals surface area contributed by atoms with Gasteiger partial charge >= 0.3 is 12.0 Å². The van der Waals surface area contributed by atoms with Crippen LogP contribution in [0.25, 0.3) is 0 Å². The second-order valence-corrected chi connectivity index (χ2v) is 3.94. The average Bonchev–Trinajstić information content (AvgIpc) is 2.26. The van der Waals surface area contributed by atoms with E-state index < -0.39 is 35.5 Å². The fourth-order valence-electron chi connectivity index (χ4n) is 1.56. The van der Waals surface area contributed by atoms with Crippen molar-refractivity contribution >= 4 is 17.7 Å². The highest BCUT2D eigenvalue weighted by molar-refractivity contribution is 6.31. The first-order chi connectivity index (χ1) is 7.92. The second kappa shape index (κ2) is 4.10. The van der Waals surface area contributed by atoms with Crippen molar-refractivity contribution in [2.75, 3.05) is 6.61 Å². The maximum absolute atomic E-state index is 13.5. The molecule has 1 aliphatic heterocycles. The summed E-state index contributed by atoms with van der Waals surface area (Å²) < 4.78 is 44.4. The fraction of sp³-hybridized carbons (Fsp3) is 0.300. The van der Waals surface area contributed by atoms with Gasteiger partial charge in [0.2, 0.25) is 0 Å². The number of carbonyl (C=O) groups is 1. The number of alkyl halides is 2. The summed E-state index contributed by atoms with van der Waals surface area (Å²) in [5.74, 6) is -4.16. The van der Waals surface area contributed by atoms with E-state index in [1.54, 1.807) is 0 Å². The van der Waals surface area contributed by atoms with E-state index in [9.17, 15) is 18.0 Å². The van der Waals surface area contributed by atoms with Gasteiger partial charge in [0.1, 0.15) is 11.9 Å². The zero-order valence-electron chi connectivity index (χ0n) is 8.34. The Balaban J connectivity index is 2.43. The molecule has 1 aromatic carbocycles. The number of ether oxygens (including phenoxy) is 1. The summed E-state index contributed by atoms with van der Waals surface area (Å²) in [6.07, 6.45) is -0.985. The Hall–Kier alpha value is -1.43.